The van der Waals surface area contributed by atoms with Gasteiger partial charge in [0.15, 0.2) is 0 Å². The lowest BCUT2D eigenvalue weighted by Gasteiger charge is -2.14. The van der Waals surface area contributed by atoms with Crippen LogP contribution in [0.4, 0.5) is 0 Å². The molecule has 47 heavy (non-hydrogen) atoms. The smallest absolute Gasteiger partial charge is 0.0494 e. The Bertz CT molecular complexity index is 1980. The van der Waals surface area contributed by atoms with Crippen molar-refractivity contribution >= 4 is 24.3 Å². The Hall–Kier alpha value is -4.82. The summed E-state index contributed by atoms with van der Waals surface area (Å²) < 4.78 is 4.86. The van der Waals surface area contributed by atoms with Crippen molar-refractivity contribution in [1.82, 2.24) is 9.13 Å². The molecule has 0 amide bonds. The highest BCUT2D eigenvalue weighted by atomic mass is 15.0. The lowest BCUT2D eigenvalue weighted by Crippen LogP contribution is -2.02. The second-order valence-corrected chi connectivity index (χ2v) is 12.9. The largest absolute Gasteiger partial charge is 0.310 e. The van der Waals surface area contributed by atoms with Gasteiger partial charge in [-0.3, -0.25) is 0 Å². The summed E-state index contributed by atoms with van der Waals surface area (Å²) in [6.45, 7) is 10.8. The molecule has 0 radical (unpaired) electrons. The molecule has 0 bridgehead atoms. The molecule has 0 fully saturated rings. The van der Waals surface area contributed by atoms with Crippen LogP contribution in [0.25, 0.3) is 35.7 Å². The van der Waals surface area contributed by atoms with E-state index in [1.54, 1.807) is 0 Å². The molecular formula is C45H46N2. The minimum atomic E-state index is 0.928. The molecule has 0 spiro atoms. The molecule has 2 heteroatoms. The van der Waals surface area contributed by atoms with E-state index in [1.165, 1.54) is 78.7 Å². The van der Waals surface area contributed by atoms with E-state index >= 15 is 0 Å². The van der Waals surface area contributed by atoms with Crippen molar-refractivity contribution in [2.75, 3.05) is 0 Å². The third kappa shape index (κ3) is 5.82. The fourth-order valence-corrected chi connectivity index (χ4v) is 7.84. The molecule has 0 atom stereocenters. The first-order valence-corrected chi connectivity index (χ1v) is 17.5. The number of fused-ring (bicyclic) bond motifs is 2. The van der Waals surface area contributed by atoms with E-state index in [4.69, 9.17) is 0 Å². The predicted octanol–water partition coefficient (Wildman–Crippen LogP) is 11.2. The van der Waals surface area contributed by atoms with Gasteiger partial charge < -0.3 is 9.13 Å². The van der Waals surface area contributed by atoms with Crippen LogP contribution in [0.1, 0.15) is 101 Å². The molecular weight excluding hydrogens is 569 g/mol. The summed E-state index contributed by atoms with van der Waals surface area (Å²) in [5, 5.41) is 0. The molecule has 0 aliphatic heterocycles. The number of allylic oxidation sites excluding steroid dienone is 3. The average Bonchev–Trinajstić information content (AvgIpc) is 3.61. The first-order chi connectivity index (χ1) is 23.1. The maximum absolute atomic E-state index is 4.17. The summed E-state index contributed by atoms with van der Waals surface area (Å²) in [7, 11) is 0. The SMILES string of the molecule is C=Cc1c(CC)c2c(n1-c1ccc(Cc3ccc(Cc4ccc(-n5c6c(c(CC)c5/C=C\C)CCC=C6)cc4)cc3)cc1)C=CCC2. The van der Waals surface area contributed by atoms with Crippen LogP contribution in [0.3, 0.4) is 0 Å². The van der Waals surface area contributed by atoms with Crippen LogP contribution < -0.4 is 0 Å². The molecule has 0 unspecified atom stereocenters. The molecule has 0 saturated heterocycles. The van der Waals surface area contributed by atoms with Crippen LogP contribution in [0.5, 0.6) is 0 Å². The second-order valence-electron chi connectivity index (χ2n) is 12.9. The van der Waals surface area contributed by atoms with Crippen molar-refractivity contribution < 1.29 is 0 Å². The quantitative estimate of drug-likeness (QED) is 0.148. The van der Waals surface area contributed by atoms with Crippen LogP contribution in [-0.4, -0.2) is 9.13 Å². The van der Waals surface area contributed by atoms with Crippen LogP contribution in [0, 0.1) is 0 Å². The Morgan fingerprint density at radius 3 is 1.40 bits per heavy atom. The topological polar surface area (TPSA) is 9.86 Å². The van der Waals surface area contributed by atoms with Crippen LogP contribution in [0.15, 0.2) is 97.6 Å². The third-order valence-corrected chi connectivity index (χ3v) is 10.1. The number of hydrogen-bond acceptors (Lipinski definition) is 0. The molecule has 7 rings (SSSR count). The van der Waals surface area contributed by atoms with Crippen molar-refractivity contribution in [3.8, 4) is 11.4 Å². The molecule has 236 valence electrons. The number of rotatable bonds is 10. The molecule has 5 aromatic rings. The van der Waals surface area contributed by atoms with Gasteiger partial charge in [0.1, 0.15) is 0 Å². The summed E-state index contributed by atoms with van der Waals surface area (Å²) in [6.07, 6.45) is 24.2. The van der Waals surface area contributed by atoms with Gasteiger partial charge in [0, 0.05) is 34.2 Å². The standard InChI is InChI=1S/C45H46N2/c1-5-13-43-39(7-3)41-15-10-12-17-45(41)47(43)37-28-24-35(25-29-37)31-33-20-18-32(19-21-33)30-34-22-26-36(27-23-34)46-42(8-4)38(6-2)40-14-9-11-16-44(40)46/h5,8,11-13,16-29H,4,6-7,9-10,14-15,30-31H2,1-3H3/b13-5-. The van der Waals surface area contributed by atoms with Crippen molar-refractivity contribution in [3.63, 3.8) is 0 Å². The van der Waals surface area contributed by atoms with E-state index in [-0.39, 0.29) is 0 Å². The molecule has 2 heterocycles. The van der Waals surface area contributed by atoms with Crippen molar-refractivity contribution in [1.29, 1.82) is 0 Å². The summed E-state index contributed by atoms with van der Waals surface area (Å²) in [5.41, 5.74) is 19.0. The summed E-state index contributed by atoms with van der Waals surface area (Å²) in [6, 6.07) is 27.5. The zero-order valence-corrected chi connectivity index (χ0v) is 28.2. The van der Waals surface area contributed by atoms with E-state index in [1.807, 2.05) is 6.08 Å². The predicted molar refractivity (Wildman–Crippen MR) is 202 cm³/mol. The van der Waals surface area contributed by atoms with Crippen LogP contribution >= 0.6 is 0 Å². The van der Waals surface area contributed by atoms with Gasteiger partial charge in [0.05, 0.1) is 0 Å². The number of aromatic nitrogens is 2. The third-order valence-electron chi connectivity index (χ3n) is 10.1. The average molecular weight is 615 g/mol. The Morgan fingerprint density at radius 1 is 0.596 bits per heavy atom. The first-order valence-electron chi connectivity index (χ1n) is 17.5. The van der Waals surface area contributed by atoms with Crippen molar-refractivity contribution in [2.24, 2.45) is 0 Å². The van der Waals surface area contributed by atoms with Gasteiger partial charge in [-0.1, -0.05) is 87.2 Å². The maximum atomic E-state index is 4.17. The normalized spacial score (nSPS) is 13.7. The molecule has 2 aliphatic rings. The van der Waals surface area contributed by atoms with Gasteiger partial charge in [-0.2, -0.15) is 0 Å². The molecule has 3 aromatic carbocycles. The van der Waals surface area contributed by atoms with Gasteiger partial charge in [-0.15, -0.1) is 0 Å². The zero-order chi connectivity index (χ0) is 32.3. The minimum absolute atomic E-state index is 0.928. The Morgan fingerprint density at radius 2 is 1.00 bits per heavy atom. The van der Waals surface area contributed by atoms with Gasteiger partial charge >= 0.3 is 0 Å². The summed E-state index contributed by atoms with van der Waals surface area (Å²) in [5.74, 6) is 0. The number of nitrogens with zero attached hydrogens (tertiary/aromatic N) is 2. The second kappa shape index (κ2) is 13.5. The summed E-state index contributed by atoms with van der Waals surface area (Å²) in [4.78, 5) is 0. The number of benzene rings is 3. The van der Waals surface area contributed by atoms with Crippen molar-refractivity contribution in [3.05, 3.63) is 165 Å². The number of hydrogen-bond donors (Lipinski definition) is 0. The lowest BCUT2D eigenvalue weighted by atomic mass is 9.98. The lowest BCUT2D eigenvalue weighted by molar-refractivity contribution is 0.945. The van der Waals surface area contributed by atoms with Gasteiger partial charge in [-0.05, 0) is 151 Å². The van der Waals surface area contributed by atoms with Crippen molar-refractivity contribution in [2.45, 2.75) is 72.1 Å². The van der Waals surface area contributed by atoms with E-state index < -0.39 is 0 Å². The van der Waals surface area contributed by atoms with Gasteiger partial charge in [0.25, 0.3) is 0 Å². The Labute approximate surface area is 281 Å². The van der Waals surface area contributed by atoms with Gasteiger partial charge in [-0.25, -0.2) is 0 Å². The highest BCUT2D eigenvalue weighted by molar-refractivity contribution is 5.69. The summed E-state index contributed by atoms with van der Waals surface area (Å²) >= 11 is 0. The first kappa shape index (κ1) is 30.8. The van der Waals surface area contributed by atoms with Crippen LogP contribution in [-0.2, 0) is 38.5 Å². The highest BCUT2D eigenvalue weighted by Crippen LogP contribution is 2.35. The molecule has 0 N–H and O–H groups in total. The zero-order valence-electron chi connectivity index (χ0n) is 28.2. The maximum Gasteiger partial charge on any atom is 0.0494 e. The molecule has 2 aromatic heterocycles. The van der Waals surface area contributed by atoms with E-state index in [2.05, 4.69) is 146 Å². The molecule has 2 nitrogen and oxygen atoms in total. The van der Waals surface area contributed by atoms with Crippen LogP contribution in [0.2, 0.25) is 0 Å². The van der Waals surface area contributed by atoms with E-state index in [0.717, 1.165) is 51.4 Å². The molecule has 0 saturated carbocycles. The van der Waals surface area contributed by atoms with E-state index in [9.17, 15) is 0 Å². The fraction of sp³-hybridized carbons (Fsp3) is 0.244. The Kier molecular flexibility index (Phi) is 8.85. The monoisotopic (exact) mass is 614 g/mol. The van der Waals surface area contributed by atoms with E-state index in [0.29, 0.717) is 0 Å². The molecule has 2 aliphatic carbocycles. The Balaban J connectivity index is 1.05. The minimum Gasteiger partial charge on any atom is -0.310 e. The van der Waals surface area contributed by atoms with Gasteiger partial charge in [0.2, 0.25) is 0 Å². The highest BCUT2D eigenvalue weighted by Gasteiger charge is 2.22. The fourth-order valence-electron chi connectivity index (χ4n) is 7.84.